The quantitative estimate of drug-likeness (QED) is 0.648. The Morgan fingerprint density at radius 1 is 1.47 bits per heavy atom. The van der Waals surface area contributed by atoms with Crippen LogP contribution in [0.15, 0.2) is 43.0 Å². The molecular formula is C13H14N4OS. The second-order valence-corrected chi connectivity index (χ2v) is 4.28. The molecule has 0 aliphatic heterocycles. The molecule has 0 spiro atoms. The molecule has 1 heterocycles. The molecule has 2 N–H and O–H groups in total. The van der Waals surface area contributed by atoms with Gasteiger partial charge in [0.1, 0.15) is 0 Å². The van der Waals surface area contributed by atoms with E-state index in [4.69, 9.17) is 12.2 Å². The van der Waals surface area contributed by atoms with E-state index in [2.05, 4.69) is 22.1 Å². The molecule has 19 heavy (non-hydrogen) atoms. The van der Waals surface area contributed by atoms with E-state index in [0.717, 1.165) is 0 Å². The van der Waals surface area contributed by atoms with Gasteiger partial charge in [-0.05, 0) is 24.4 Å². The minimum atomic E-state index is -0.139. The number of carbonyl (C=O) groups excluding carboxylic acids is 1. The average Bonchev–Trinajstić information content (AvgIpc) is 2.79. The van der Waals surface area contributed by atoms with E-state index in [-0.39, 0.29) is 5.91 Å². The normalized spacial score (nSPS) is 10.1. The molecule has 6 heteroatoms. The number of hydrogen-bond acceptors (Lipinski definition) is 3. The molecule has 0 fully saturated rings. The molecule has 0 aliphatic carbocycles. The fourth-order valence-electron chi connectivity index (χ4n) is 1.65. The minimum absolute atomic E-state index is 0.139. The molecule has 0 radical (unpaired) electrons. The lowest BCUT2D eigenvalue weighted by molar-refractivity contribution is 0.0949. The standard InChI is InChI=1S/C13H14N4OS/c1-2-8-17-11(15-16-13(17)19)9-14-12(18)10-6-4-3-5-7-10/h2-7H,1,8-9H2,(H,14,18)(H,16,19). The minimum Gasteiger partial charge on any atom is -0.345 e. The van der Waals surface area contributed by atoms with Gasteiger partial charge in [-0.3, -0.25) is 14.5 Å². The third kappa shape index (κ3) is 3.17. The maximum Gasteiger partial charge on any atom is 0.251 e. The van der Waals surface area contributed by atoms with Crippen LogP contribution in [-0.2, 0) is 13.1 Å². The SMILES string of the molecule is C=CCn1c(CNC(=O)c2ccccc2)n[nH]c1=S. The molecule has 0 unspecified atom stereocenters. The number of rotatable bonds is 5. The lowest BCUT2D eigenvalue weighted by Gasteiger charge is -2.06. The smallest absolute Gasteiger partial charge is 0.251 e. The van der Waals surface area contributed by atoms with E-state index in [9.17, 15) is 4.79 Å². The van der Waals surface area contributed by atoms with Gasteiger partial charge in [-0.15, -0.1) is 6.58 Å². The summed E-state index contributed by atoms with van der Waals surface area (Å²) in [6.07, 6.45) is 1.73. The molecule has 2 aromatic rings. The Morgan fingerprint density at radius 3 is 2.89 bits per heavy atom. The molecule has 0 saturated carbocycles. The highest BCUT2D eigenvalue weighted by Gasteiger charge is 2.08. The Labute approximate surface area is 116 Å². The van der Waals surface area contributed by atoms with E-state index < -0.39 is 0 Å². The average molecular weight is 274 g/mol. The van der Waals surface area contributed by atoms with Crippen LogP contribution < -0.4 is 5.32 Å². The van der Waals surface area contributed by atoms with Crippen molar-refractivity contribution >= 4 is 18.1 Å². The van der Waals surface area contributed by atoms with Crippen molar-refractivity contribution in [2.75, 3.05) is 0 Å². The predicted octanol–water partition coefficient (Wildman–Crippen LogP) is 2.06. The summed E-state index contributed by atoms with van der Waals surface area (Å²) in [5, 5.41) is 9.59. The fourth-order valence-corrected chi connectivity index (χ4v) is 1.88. The number of nitrogens with one attached hydrogen (secondary N) is 2. The molecule has 1 aromatic heterocycles. The van der Waals surface area contributed by atoms with Crippen molar-refractivity contribution in [2.24, 2.45) is 0 Å². The van der Waals surface area contributed by atoms with Gasteiger partial charge in [0.25, 0.3) is 5.91 Å². The third-order valence-corrected chi connectivity index (χ3v) is 2.90. The first-order chi connectivity index (χ1) is 9.22. The second-order valence-electron chi connectivity index (χ2n) is 3.89. The van der Waals surface area contributed by atoms with Gasteiger partial charge in [0.05, 0.1) is 6.54 Å². The zero-order valence-electron chi connectivity index (χ0n) is 10.3. The van der Waals surface area contributed by atoms with Gasteiger partial charge >= 0.3 is 0 Å². The van der Waals surface area contributed by atoms with Crippen LogP contribution >= 0.6 is 12.2 Å². The van der Waals surface area contributed by atoms with Crippen molar-refractivity contribution < 1.29 is 4.79 Å². The summed E-state index contributed by atoms with van der Waals surface area (Å²) in [6, 6.07) is 9.03. The summed E-state index contributed by atoms with van der Waals surface area (Å²) >= 11 is 5.10. The van der Waals surface area contributed by atoms with Gasteiger partial charge in [-0.2, -0.15) is 5.10 Å². The van der Waals surface area contributed by atoms with Gasteiger partial charge in [0.2, 0.25) is 0 Å². The summed E-state index contributed by atoms with van der Waals surface area (Å²) < 4.78 is 2.30. The van der Waals surface area contributed by atoms with Crippen LogP contribution in [0.2, 0.25) is 0 Å². The molecule has 1 amide bonds. The van der Waals surface area contributed by atoms with Crippen molar-refractivity contribution in [3.8, 4) is 0 Å². The van der Waals surface area contributed by atoms with Gasteiger partial charge in [-0.25, -0.2) is 0 Å². The Bertz CT molecular complexity index is 630. The number of hydrogen-bond donors (Lipinski definition) is 2. The lowest BCUT2D eigenvalue weighted by atomic mass is 10.2. The molecule has 5 nitrogen and oxygen atoms in total. The monoisotopic (exact) mass is 274 g/mol. The molecule has 0 bridgehead atoms. The largest absolute Gasteiger partial charge is 0.345 e. The summed E-state index contributed by atoms with van der Waals surface area (Å²) in [5.41, 5.74) is 0.618. The van der Waals surface area contributed by atoms with Crippen molar-refractivity contribution in [3.05, 3.63) is 59.1 Å². The van der Waals surface area contributed by atoms with E-state index >= 15 is 0 Å². The van der Waals surface area contributed by atoms with Crippen LogP contribution in [0.25, 0.3) is 0 Å². The highest BCUT2D eigenvalue weighted by Crippen LogP contribution is 2.01. The Kier molecular flexibility index (Phi) is 4.25. The molecular weight excluding hydrogens is 260 g/mol. The van der Waals surface area contributed by atoms with Crippen molar-refractivity contribution in [2.45, 2.75) is 13.1 Å². The van der Waals surface area contributed by atoms with E-state index in [0.29, 0.717) is 29.2 Å². The highest BCUT2D eigenvalue weighted by atomic mass is 32.1. The van der Waals surface area contributed by atoms with E-state index in [1.807, 2.05) is 18.2 Å². The molecule has 0 atom stereocenters. The number of benzene rings is 1. The highest BCUT2D eigenvalue weighted by molar-refractivity contribution is 7.71. The number of H-pyrrole nitrogens is 1. The summed E-state index contributed by atoms with van der Waals surface area (Å²) in [6.45, 7) is 4.54. The first kappa shape index (κ1) is 13.2. The Hall–Kier alpha value is -2.21. The summed E-state index contributed by atoms with van der Waals surface area (Å²) in [5.74, 6) is 0.536. The van der Waals surface area contributed by atoms with Crippen molar-refractivity contribution in [3.63, 3.8) is 0 Å². The van der Waals surface area contributed by atoms with Crippen molar-refractivity contribution in [1.82, 2.24) is 20.1 Å². The first-order valence-corrected chi connectivity index (χ1v) is 6.21. The number of aromatic amines is 1. The van der Waals surface area contributed by atoms with Crippen LogP contribution in [0, 0.1) is 4.77 Å². The third-order valence-electron chi connectivity index (χ3n) is 2.59. The number of allylic oxidation sites excluding steroid dienone is 1. The number of nitrogens with zero attached hydrogens (tertiary/aromatic N) is 2. The lowest BCUT2D eigenvalue weighted by Crippen LogP contribution is -2.24. The summed E-state index contributed by atoms with van der Waals surface area (Å²) in [7, 11) is 0. The molecule has 2 rings (SSSR count). The van der Waals surface area contributed by atoms with Gasteiger partial charge in [0.15, 0.2) is 10.6 Å². The zero-order chi connectivity index (χ0) is 13.7. The van der Waals surface area contributed by atoms with Crippen LogP contribution in [0.4, 0.5) is 0 Å². The fraction of sp³-hybridized carbons (Fsp3) is 0.154. The summed E-state index contributed by atoms with van der Waals surface area (Å²) in [4.78, 5) is 11.9. The first-order valence-electron chi connectivity index (χ1n) is 5.80. The van der Waals surface area contributed by atoms with Gasteiger partial charge < -0.3 is 5.32 Å². The Morgan fingerprint density at radius 2 is 2.21 bits per heavy atom. The maximum absolute atomic E-state index is 11.9. The zero-order valence-corrected chi connectivity index (χ0v) is 11.1. The van der Waals surface area contributed by atoms with Crippen molar-refractivity contribution in [1.29, 1.82) is 0 Å². The molecule has 98 valence electrons. The van der Waals surface area contributed by atoms with Gasteiger partial charge in [0, 0.05) is 12.1 Å². The number of amides is 1. The number of carbonyl (C=O) groups is 1. The molecule has 0 aliphatic rings. The van der Waals surface area contributed by atoms with Gasteiger partial charge in [-0.1, -0.05) is 24.3 Å². The second kappa shape index (κ2) is 6.10. The molecule has 0 saturated heterocycles. The van der Waals surface area contributed by atoms with Crippen LogP contribution in [-0.4, -0.2) is 20.7 Å². The van der Waals surface area contributed by atoms with Crippen LogP contribution in [0.3, 0.4) is 0 Å². The Balaban J connectivity index is 2.05. The van der Waals surface area contributed by atoms with E-state index in [1.54, 1.807) is 22.8 Å². The van der Waals surface area contributed by atoms with Crippen LogP contribution in [0.5, 0.6) is 0 Å². The predicted molar refractivity (Wildman–Crippen MR) is 75.2 cm³/mol. The maximum atomic E-state index is 11.9. The van der Waals surface area contributed by atoms with Crippen LogP contribution in [0.1, 0.15) is 16.2 Å². The number of aromatic nitrogens is 3. The topological polar surface area (TPSA) is 62.7 Å². The van der Waals surface area contributed by atoms with E-state index in [1.165, 1.54) is 0 Å². The molecule has 1 aromatic carbocycles.